The zero-order valence-corrected chi connectivity index (χ0v) is 23.9. The van der Waals surface area contributed by atoms with Gasteiger partial charge in [0.1, 0.15) is 0 Å². The quantitative estimate of drug-likeness (QED) is 0.527. The Labute approximate surface area is 236 Å². The van der Waals surface area contributed by atoms with Gasteiger partial charge in [0.25, 0.3) is 11.8 Å². The number of aryl methyl sites for hydroxylation is 1. The smallest absolute Gasteiger partial charge is 0.338 e. The van der Waals surface area contributed by atoms with Gasteiger partial charge in [0.15, 0.2) is 0 Å². The van der Waals surface area contributed by atoms with Crippen LogP contribution >= 0.6 is 0 Å². The van der Waals surface area contributed by atoms with Crippen LogP contribution in [0.3, 0.4) is 0 Å². The van der Waals surface area contributed by atoms with Crippen molar-refractivity contribution in [3.8, 4) is 0 Å². The summed E-state index contributed by atoms with van der Waals surface area (Å²) in [6.07, 6.45) is 3.26. The normalized spacial score (nSPS) is 20.0. The Hall–Kier alpha value is -3.24. The molecule has 0 bridgehead atoms. The van der Waals surface area contributed by atoms with E-state index >= 15 is 0 Å². The number of hydrogen-bond donors (Lipinski definition) is 1. The van der Waals surface area contributed by atoms with Crippen LogP contribution in [0.5, 0.6) is 0 Å². The van der Waals surface area contributed by atoms with Gasteiger partial charge in [-0.1, -0.05) is 19.9 Å². The molecule has 1 atom stereocenters. The Balaban J connectivity index is 1.24. The second-order valence-electron chi connectivity index (χ2n) is 11.7. The monoisotopic (exact) mass is 551 g/mol. The Morgan fingerprint density at radius 2 is 1.88 bits per heavy atom. The predicted octanol–water partition coefficient (Wildman–Crippen LogP) is 2.41. The molecule has 0 saturated carbocycles. The number of nitrogens with one attached hydrogen (secondary N) is 1. The summed E-state index contributed by atoms with van der Waals surface area (Å²) in [7, 11) is 2.05. The molecule has 2 saturated heterocycles. The third-order valence-electron chi connectivity index (χ3n) is 8.53. The van der Waals surface area contributed by atoms with Crippen LogP contribution in [-0.2, 0) is 28.9 Å². The number of piperazine rings is 1. The van der Waals surface area contributed by atoms with E-state index in [0.717, 1.165) is 43.7 Å². The minimum Gasteiger partial charge on any atom is -0.462 e. The molecule has 2 aromatic rings. The molecule has 2 amide bonds. The van der Waals surface area contributed by atoms with Crippen molar-refractivity contribution in [2.75, 3.05) is 59.6 Å². The average Bonchev–Trinajstić information content (AvgIpc) is 3.24. The molecule has 0 radical (unpaired) electrons. The number of esters is 1. The highest BCUT2D eigenvalue weighted by atomic mass is 16.5. The summed E-state index contributed by atoms with van der Waals surface area (Å²) in [6.45, 7) is 9.86. The van der Waals surface area contributed by atoms with Gasteiger partial charge < -0.3 is 24.6 Å². The van der Waals surface area contributed by atoms with Crippen LogP contribution in [0, 0.1) is 11.3 Å². The first kappa shape index (κ1) is 28.3. The van der Waals surface area contributed by atoms with E-state index in [2.05, 4.69) is 10.2 Å². The number of hydrogen-bond acceptors (Lipinski definition) is 7. The maximum Gasteiger partial charge on any atom is 0.338 e. The Morgan fingerprint density at radius 1 is 1.15 bits per heavy atom. The summed E-state index contributed by atoms with van der Waals surface area (Å²) in [6, 6.07) is 6.78. The van der Waals surface area contributed by atoms with Gasteiger partial charge in [-0.3, -0.25) is 14.3 Å². The summed E-state index contributed by atoms with van der Waals surface area (Å²) < 4.78 is 13.3. The molecule has 216 valence electrons. The van der Waals surface area contributed by atoms with E-state index in [1.165, 1.54) is 0 Å². The number of likely N-dealkylation sites (N-methyl/N-ethyl adjacent to an activating group) is 1. The molecule has 1 N–H and O–H groups in total. The first-order valence-electron chi connectivity index (χ1n) is 14.5. The van der Waals surface area contributed by atoms with Crippen molar-refractivity contribution in [2.24, 2.45) is 11.3 Å². The summed E-state index contributed by atoms with van der Waals surface area (Å²) >= 11 is 0. The summed E-state index contributed by atoms with van der Waals surface area (Å²) in [5.41, 5.74) is 3.33. The van der Waals surface area contributed by atoms with E-state index in [1.807, 2.05) is 30.5 Å². The van der Waals surface area contributed by atoms with Crippen molar-refractivity contribution in [1.29, 1.82) is 0 Å². The van der Waals surface area contributed by atoms with Crippen molar-refractivity contribution in [3.63, 3.8) is 0 Å². The largest absolute Gasteiger partial charge is 0.462 e. The van der Waals surface area contributed by atoms with Gasteiger partial charge in [0.2, 0.25) is 0 Å². The molecule has 1 unspecified atom stereocenters. The van der Waals surface area contributed by atoms with Gasteiger partial charge >= 0.3 is 5.97 Å². The second kappa shape index (κ2) is 12.1. The van der Waals surface area contributed by atoms with Gasteiger partial charge in [-0.25, -0.2) is 4.79 Å². The van der Waals surface area contributed by atoms with Gasteiger partial charge in [0, 0.05) is 64.0 Å². The van der Waals surface area contributed by atoms with Crippen molar-refractivity contribution >= 4 is 17.8 Å². The first-order chi connectivity index (χ1) is 19.3. The van der Waals surface area contributed by atoms with Crippen LogP contribution in [-0.4, -0.2) is 97.0 Å². The third-order valence-corrected chi connectivity index (χ3v) is 8.53. The van der Waals surface area contributed by atoms with Gasteiger partial charge in [0.05, 0.1) is 29.1 Å². The number of carbonyl (C=O) groups is 3. The lowest BCUT2D eigenvalue weighted by Gasteiger charge is -2.36. The zero-order valence-electron chi connectivity index (χ0n) is 23.9. The van der Waals surface area contributed by atoms with Gasteiger partial charge in [-0.05, 0) is 56.3 Å². The van der Waals surface area contributed by atoms with Crippen molar-refractivity contribution < 1.29 is 23.9 Å². The van der Waals surface area contributed by atoms with Crippen LogP contribution in [0.4, 0.5) is 0 Å². The maximum atomic E-state index is 13.1. The van der Waals surface area contributed by atoms with Crippen LogP contribution < -0.4 is 5.32 Å². The third kappa shape index (κ3) is 6.07. The van der Waals surface area contributed by atoms with Crippen molar-refractivity contribution in [3.05, 3.63) is 52.3 Å². The summed E-state index contributed by atoms with van der Waals surface area (Å²) in [5.74, 6) is -0.584. The minimum atomic E-state index is -0.450. The molecule has 10 heteroatoms. The van der Waals surface area contributed by atoms with Crippen molar-refractivity contribution in [1.82, 2.24) is 24.9 Å². The highest BCUT2D eigenvalue weighted by molar-refractivity contribution is 5.98. The second-order valence-corrected chi connectivity index (χ2v) is 11.7. The standard InChI is InChI=1S/C30H41N5O5/c1-4-24-26-25(17-30(20-31-27(26)36)8-14-39-15-9-30)35(32-24)18-21(2)19-40-29(38)23-7-5-6-22(16-23)28(37)34-12-10-33(3)11-13-34/h5-7,16,21H,4,8-15,17-20H2,1-3H3,(H,31,36). The molecule has 1 spiro atoms. The highest BCUT2D eigenvalue weighted by Crippen LogP contribution is 2.37. The maximum absolute atomic E-state index is 13.1. The Bertz CT molecular complexity index is 1240. The van der Waals surface area contributed by atoms with Crippen molar-refractivity contribution in [2.45, 2.75) is 46.1 Å². The molecule has 40 heavy (non-hydrogen) atoms. The number of rotatable bonds is 7. The first-order valence-corrected chi connectivity index (χ1v) is 14.5. The van der Waals surface area contributed by atoms with E-state index in [4.69, 9.17) is 14.6 Å². The predicted molar refractivity (Wildman–Crippen MR) is 149 cm³/mol. The molecule has 2 fully saturated rings. The fourth-order valence-corrected chi connectivity index (χ4v) is 5.94. The lowest BCUT2D eigenvalue weighted by Crippen LogP contribution is -2.47. The summed E-state index contributed by atoms with van der Waals surface area (Å²) in [5, 5.41) is 7.97. The molecular weight excluding hydrogens is 510 g/mol. The molecule has 3 aliphatic heterocycles. The lowest BCUT2D eigenvalue weighted by atomic mass is 9.76. The minimum absolute atomic E-state index is 0.0234. The molecule has 1 aromatic heterocycles. The van der Waals surface area contributed by atoms with Crippen LogP contribution in [0.1, 0.15) is 69.2 Å². The zero-order chi connectivity index (χ0) is 28.3. The van der Waals surface area contributed by atoms with E-state index in [1.54, 1.807) is 24.3 Å². The molecule has 1 aromatic carbocycles. The van der Waals surface area contributed by atoms with Crippen LogP contribution in [0.15, 0.2) is 24.3 Å². The lowest BCUT2D eigenvalue weighted by molar-refractivity contribution is 0.0151. The number of aromatic nitrogens is 2. The molecule has 5 rings (SSSR count). The number of fused-ring (bicyclic) bond motifs is 1. The van der Waals surface area contributed by atoms with E-state index < -0.39 is 5.97 Å². The van der Waals surface area contributed by atoms with Gasteiger partial charge in [-0.15, -0.1) is 0 Å². The number of benzene rings is 1. The topological polar surface area (TPSA) is 106 Å². The van der Waals surface area contributed by atoms with Gasteiger partial charge in [-0.2, -0.15) is 5.10 Å². The fraction of sp³-hybridized carbons (Fsp3) is 0.600. The molecule has 4 heterocycles. The fourth-order valence-electron chi connectivity index (χ4n) is 5.94. The number of amides is 2. The summed E-state index contributed by atoms with van der Waals surface area (Å²) in [4.78, 5) is 43.0. The number of nitrogens with zero attached hydrogens (tertiary/aromatic N) is 4. The van der Waals surface area contributed by atoms with E-state index in [0.29, 0.717) is 62.5 Å². The van der Waals surface area contributed by atoms with Crippen LogP contribution in [0.2, 0.25) is 0 Å². The average molecular weight is 552 g/mol. The highest BCUT2D eigenvalue weighted by Gasteiger charge is 2.39. The Kier molecular flexibility index (Phi) is 8.56. The molecule has 0 aliphatic carbocycles. The van der Waals surface area contributed by atoms with Crippen LogP contribution in [0.25, 0.3) is 0 Å². The molecule has 3 aliphatic rings. The van der Waals surface area contributed by atoms with E-state index in [9.17, 15) is 14.4 Å². The molecular formula is C30H41N5O5. The Morgan fingerprint density at radius 3 is 2.60 bits per heavy atom. The number of carbonyl (C=O) groups excluding carboxylic acids is 3. The SMILES string of the molecule is CCc1nn(CC(C)COC(=O)c2cccc(C(=O)N3CCN(C)CC3)c2)c2c1C(=O)NCC1(CCOCC1)C2. The molecule has 10 nitrogen and oxygen atoms in total. The van der Waals surface area contributed by atoms with E-state index in [-0.39, 0.29) is 29.8 Å². The number of ether oxygens (including phenoxy) is 2.